The van der Waals surface area contributed by atoms with Gasteiger partial charge in [0.2, 0.25) is 0 Å². The van der Waals surface area contributed by atoms with Crippen molar-refractivity contribution in [3.63, 3.8) is 0 Å². The predicted molar refractivity (Wildman–Crippen MR) is 98.9 cm³/mol. The molecule has 2 N–H and O–H groups in total. The van der Waals surface area contributed by atoms with Crippen LogP contribution >= 0.6 is 35.3 Å². The third kappa shape index (κ3) is 6.07. The number of hydrogen-bond acceptors (Lipinski definition) is 4. The minimum absolute atomic E-state index is 0. The molecule has 0 unspecified atom stereocenters. The van der Waals surface area contributed by atoms with Gasteiger partial charge in [0, 0.05) is 36.0 Å². The molecule has 1 aromatic rings. The maximum absolute atomic E-state index is 5.25. The van der Waals surface area contributed by atoms with Crippen LogP contribution in [0, 0.1) is 12.3 Å². The van der Waals surface area contributed by atoms with E-state index in [1.807, 2.05) is 6.20 Å². The molecule has 0 aliphatic carbocycles. The molecule has 2 heterocycles. The number of halogens is 1. The summed E-state index contributed by atoms with van der Waals surface area (Å²) in [5, 5.41) is 7.81. The fourth-order valence-electron chi connectivity index (χ4n) is 1.96. The summed E-state index contributed by atoms with van der Waals surface area (Å²) < 4.78 is 5.25. The lowest BCUT2D eigenvalue weighted by Crippen LogP contribution is -2.44. The molecule has 5 nitrogen and oxygen atoms in total. The highest BCUT2D eigenvalue weighted by atomic mass is 127. The van der Waals surface area contributed by atoms with Gasteiger partial charge in [-0.05, 0) is 13.8 Å². The van der Waals surface area contributed by atoms with Crippen LogP contribution in [0.1, 0.15) is 23.7 Å². The number of ether oxygens (including phenoxy) is 1. The van der Waals surface area contributed by atoms with Crippen LogP contribution in [0.25, 0.3) is 0 Å². The monoisotopic (exact) mass is 424 g/mol. The van der Waals surface area contributed by atoms with Crippen molar-refractivity contribution in [3.05, 3.63) is 16.1 Å². The number of aryl methyl sites for hydroxylation is 1. The summed E-state index contributed by atoms with van der Waals surface area (Å²) >= 11 is 1.76. The van der Waals surface area contributed by atoms with Gasteiger partial charge in [-0.25, -0.2) is 4.98 Å². The van der Waals surface area contributed by atoms with Crippen LogP contribution in [0.5, 0.6) is 0 Å². The van der Waals surface area contributed by atoms with E-state index in [-0.39, 0.29) is 29.4 Å². The first-order chi connectivity index (χ1) is 9.61. The lowest BCUT2D eigenvalue weighted by atomic mass is 9.89. The molecule has 0 amide bonds. The first-order valence-corrected chi connectivity index (χ1v) is 7.94. The molecule has 1 aliphatic rings. The molecule has 0 spiro atoms. The van der Waals surface area contributed by atoms with Crippen molar-refractivity contribution in [3.8, 4) is 0 Å². The first-order valence-electron chi connectivity index (χ1n) is 7.12. The van der Waals surface area contributed by atoms with Gasteiger partial charge in [0.15, 0.2) is 5.96 Å². The Balaban J connectivity index is 0.00000220. The van der Waals surface area contributed by atoms with Crippen molar-refractivity contribution in [2.45, 2.75) is 27.2 Å². The Kier molecular flexibility index (Phi) is 7.89. The van der Waals surface area contributed by atoms with Crippen LogP contribution in [0.2, 0.25) is 0 Å². The average molecular weight is 424 g/mol. The second-order valence-electron chi connectivity index (χ2n) is 5.54. The highest BCUT2D eigenvalue weighted by Gasteiger charge is 2.33. The molecule has 120 valence electrons. The van der Waals surface area contributed by atoms with Crippen molar-refractivity contribution in [1.82, 2.24) is 15.6 Å². The van der Waals surface area contributed by atoms with Crippen molar-refractivity contribution in [2.75, 3.05) is 32.8 Å². The quantitative estimate of drug-likeness (QED) is 0.418. The fraction of sp³-hybridized carbons (Fsp3) is 0.714. The second kappa shape index (κ2) is 8.89. The Bertz CT molecular complexity index is 460. The summed E-state index contributed by atoms with van der Waals surface area (Å²) in [5.74, 6) is 0.883. The van der Waals surface area contributed by atoms with Crippen LogP contribution in [-0.4, -0.2) is 43.8 Å². The van der Waals surface area contributed by atoms with Gasteiger partial charge in [-0.15, -0.1) is 35.3 Å². The smallest absolute Gasteiger partial charge is 0.191 e. The van der Waals surface area contributed by atoms with Gasteiger partial charge in [-0.1, -0.05) is 6.92 Å². The molecule has 0 radical (unpaired) electrons. The van der Waals surface area contributed by atoms with E-state index in [2.05, 4.69) is 41.4 Å². The number of thiazole rings is 1. The van der Waals surface area contributed by atoms with E-state index in [4.69, 9.17) is 4.74 Å². The zero-order valence-corrected chi connectivity index (χ0v) is 16.1. The Labute approximate surface area is 148 Å². The molecule has 0 saturated carbocycles. The number of hydrogen-bond donors (Lipinski definition) is 2. The summed E-state index contributed by atoms with van der Waals surface area (Å²) in [4.78, 5) is 10.3. The SMILES string of the molecule is CCNC(=NCC1(C)COC1)NCCc1ncc(C)s1.I. The van der Waals surface area contributed by atoms with Crippen LogP contribution in [0.4, 0.5) is 0 Å². The number of nitrogens with one attached hydrogen (secondary N) is 2. The Morgan fingerprint density at radius 2 is 2.24 bits per heavy atom. The molecule has 1 saturated heterocycles. The summed E-state index contributed by atoms with van der Waals surface area (Å²) in [7, 11) is 0. The van der Waals surface area contributed by atoms with E-state index in [0.717, 1.165) is 45.2 Å². The lowest BCUT2D eigenvalue weighted by Gasteiger charge is -2.36. The highest BCUT2D eigenvalue weighted by Crippen LogP contribution is 2.26. The van der Waals surface area contributed by atoms with E-state index in [0.29, 0.717) is 0 Å². The molecular weight excluding hydrogens is 399 g/mol. The van der Waals surface area contributed by atoms with Crippen LogP contribution in [0.15, 0.2) is 11.2 Å². The third-order valence-electron chi connectivity index (χ3n) is 3.16. The average Bonchev–Trinajstić information content (AvgIpc) is 2.79. The van der Waals surface area contributed by atoms with Gasteiger partial charge < -0.3 is 15.4 Å². The lowest BCUT2D eigenvalue weighted by molar-refractivity contribution is -0.0945. The molecule has 21 heavy (non-hydrogen) atoms. The molecule has 0 bridgehead atoms. The molecule has 0 atom stereocenters. The van der Waals surface area contributed by atoms with Crippen molar-refractivity contribution < 1.29 is 4.74 Å². The van der Waals surface area contributed by atoms with Gasteiger partial charge >= 0.3 is 0 Å². The second-order valence-corrected chi connectivity index (χ2v) is 6.86. The zero-order valence-electron chi connectivity index (χ0n) is 12.9. The van der Waals surface area contributed by atoms with Crippen molar-refractivity contribution in [1.29, 1.82) is 0 Å². The van der Waals surface area contributed by atoms with Crippen molar-refractivity contribution >= 4 is 41.3 Å². The molecule has 1 aliphatic heterocycles. The molecule has 7 heteroatoms. The van der Waals surface area contributed by atoms with Gasteiger partial charge in [0.25, 0.3) is 0 Å². The molecule has 2 rings (SSSR count). The highest BCUT2D eigenvalue weighted by molar-refractivity contribution is 14.0. The van der Waals surface area contributed by atoms with E-state index >= 15 is 0 Å². The van der Waals surface area contributed by atoms with Crippen molar-refractivity contribution in [2.24, 2.45) is 10.4 Å². The van der Waals surface area contributed by atoms with Gasteiger partial charge in [0.05, 0.1) is 24.8 Å². The Hall–Kier alpha value is -0.410. The third-order valence-corrected chi connectivity index (χ3v) is 4.14. The number of guanidine groups is 1. The van der Waals surface area contributed by atoms with E-state index in [1.54, 1.807) is 11.3 Å². The predicted octanol–water partition coefficient (Wildman–Crippen LogP) is 2.20. The number of rotatable bonds is 6. The Morgan fingerprint density at radius 1 is 1.48 bits per heavy atom. The van der Waals surface area contributed by atoms with Gasteiger partial charge in [-0.2, -0.15) is 0 Å². The largest absolute Gasteiger partial charge is 0.380 e. The minimum Gasteiger partial charge on any atom is -0.380 e. The Morgan fingerprint density at radius 3 is 2.76 bits per heavy atom. The first kappa shape index (κ1) is 18.6. The number of aromatic nitrogens is 1. The van der Waals surface area contributed by atoms with Gasteiger partial charge in [0.1, 0.15) is 0 Å². The minimum atomic E-state index is 0. The van der Waals surface area contributed by atoms with Crippen LogP contribution < -0.4 is 10.6 Å². The van der Waals surface area contributed by atoms with Gasteiger partial charge in [-0.3, -0.25) is 4.99 Å². The number of nitrogens with zero attached hydrogens (tertiary/aromatic N) is 2. The maximum atomic E-state index is 5.25. The molecular formula is C14H25IN4OS. The standard InChI is InChI=1S/C14H24N4OS.HI/c1-4-15-13(18-8-14(3)9-19-10-14)16-6-5-12-17-7-11(2)20-12;/h7H,4-6,8-10H2,1-3H3,(H2,15,16,18);1H. The van der Waals surface area contributed by atoms with E-state index < -0.39 is 0 Å². The fourth-order valence-corrected chi connectivity index (χ4v) is 2.74. The van der Waals surface area contributed by atoms with Crippen LogP contribution in [0.3, 0.4) is 0 Å². The summed E-state index contributed by atoms with van der Waals surface area (Å²) in [6.07, 6.45) is 2.86. The molecule has 0 aromatic carbocycles. The summed E-state index contributed by atoms with van der Waals surface area (Å²) in [6.45, 7) is 10.5. The van der Waals surface area contributed by atoms with Crippen LogP contribution in [-0.2, 0) is 11.2 Å². The van der Waals surface area contributed by atoms with E-state index in [9.17, 15) is 0 Å². The van der Waals surface area contributed by atoms with E-state index in [1.165, 1.54) is 9.88 Å². The number of aliphatic imine (C=N–C) groups is 1. The summed E-state index contributed by atoms with van der Waals surface area (Å²) in [6, 6.07) is 0. The zero-order chi connectivity index (χ0) is 14.4. The normalized spacial score (nSPS) is 16.8. The topological polar surface area (TPSA) is 58.5 Å². The summed E-state index contributed by atoms with van der Waals surface area (Å²) in [5.41, 5.74) is 0.217. The maximum Gasteiger partial charge on any atom is 0.191 e. The molecule has 1 fully saturated rings. The molecule has 1 aromatic heterocycles.